The molecule has 0 fully saturated rings. The van der Waals surface area contributed by atoms with Crippen LogP contribution in [0.2, 0.25) is 0 Å². The normalized spacial score (nSPS) is 10.0. The lowest BCUT2D eigenvalue weighted by Crippen LogP contribution is -2.14. The molecule has 0 spiro atoms. The van der Waals surface area contributed by atoms with Gasteiger partial charge in [-0.05, 0) is 12.1 Å². The Hall–Kier alpha value is -3.29. The molecule has 0 aliphatic carbocycles. The second kappa shape index (κ2) is 8.53. The van der Waals surface area contributed by atoms with Gasteiger partial charge in [0.2, 0.25) is 0 Å². The molecule has 2 rings (SSSR count). The highest BCUT2D eigenvalue weighted by Crippen LogP contribution is 2.34. The molecular formula is C17H17NO7. The van der Waals surface area contributed by atoms with Crippen LogP contribution in [0.1, 0.15) is 10.4 Å². The number of methoxy groups -OCH3 is 2. The van der Waals surface area contributed by atoms with Crippen LogP contribution in [0.15, 0.2) is 42.5 Å². The fourth-order valence-corrected chi connectivity index (χ4v) is 2.07. The van der Waals surface area contributed by atoms with Crippen molar-refractivity contribution in [3.63, 3.8) is 0 Å². The van der Waals surface area contributed by atoms with Gasteiger partial charge in [-0.2, -0.15) is 0 Å². The number of hydrogen-bond donors (Lipinski definition) is 0. The van der Waals surface area contributed by atoms with E-state index in [0.717, 1.165) is 6.07 Å². The summed E-state index contributed by atoms with van der Waals surface area (Å²) in [6.45, 7) is 0.0655. The van der Waals surface area contributed by atoms with Crippen molar-refractivity contribution in [3.05, 3.63) is 58.1 Å². The quantitative estimate of drug-likeness (QED) is 0.313. The van der Waals surface area contributed by atoms with Crippen LogP contribution < -0.4 is 14.2 Å². The van der Waals surface area contributed by atoms with Crippen LogP contribution in [0, 0.1) is 10.1 Å². The smallest absolute Gasteiger partial charge is 0.345 e. The van der Waals surface area contributed by atoms with E-state index in [1.807, 2.05) is 18.2 Å². The predicted molar refractivity (Wildman–Crippen MR) is 88.4 cm³/mol. The number of nitrogens with zero attached hydrogens (tertiary/aromatic N) is 1. The molecule has 0 saturated carbocycles. The zero-order valence-corrected chi connectivity index (χ0v) is 13.8. The molecule has 0 aromatic heterocycles. The monoisotopic (exact) mass is 347 g/mol. The van der Waals surface area contributed by atoms with Crippen molar-refractivity contribution in [2.45, 2.75) is 0 Å². The van der Waals surface area contributed by atoms with Crippen molar-refractivity contribution in [1.29, 1.82) is 0 Å². The van der Waals surface area contributed by atoms with E-state index in [0.29, 0.717) is 5.75 Å². The largest absolute Gasteiger partial charge is 0.493 e. The summed E-state index contributed by atoms with van der Waals surface area (Å²) >= 11 is 0. The number of nitro benzene ring substituents is 1. The number of ether oxygens (including phenoxy) is 4. The van der Waals surface area contributed by atoms with Gasteiger partial charge in [0.1, 0.15) is 24.5 Å². The fraction of sp³-hybridized carbons (Fsp3) is 0.235. The third kappa shape index (κ3) is 4.60. The van der Waals surface area contributed by atoms with E-state index in [-0.39, 0.29) is 30.3 Å². The molecule has 0 saturated heterocycles. The van der Waals surface area contributed by atoms with Crippen LogP contribution in [0.5, 0.6) is 17.2 Å². The number of benzene rings is 2. The Kier molecular flexibility index (Phi) is 6.16. The van der Waals surface area contributed by atoms with Crippen LogP contribution in [0.25, 0.3) is 0 Å². The van der Waals surface area contributed by atoms with Gasteiger partial charge in [-0.15, -0.1) is 0 Å². The Morgan fingerprint density at radius 2 is 1.68 bits per heavy atom. The number of hydrogen-bond acceptors (Lipinski definition) is 7. The van der Waals surface area contributed by atoms with Gasteiger partial charge >= 0.3 is 5.97 Å². The van der Waals surface area contributed by atoms with E-state index in [1.165, 1.54) is 20.3 Å². The maximum Gasteiger partial charge on any atom is 0.345 e. The van der Waals surface area contributed by atoms with E-state index >= 15 is 0 Å². The second-order valence-corrected chi connectivity index (χ2v) is 4.78. The van der Waals surface area contributed by atoms with Gasteiger partial charge in [0.15, 0.2) is 11.5 Å². The lowest BCUT2D eigenvalue weighted by molar-refractivity contribution is -0.385. The molecule has 2 aromatic rings. The van der Waals surface area contributed by atoms with E-state index < -0.39 is 16.6 Å². The third-order valence-electron chi connectivity index (χ3n) is 3.25. The molecule has 0 amide bonds. The number of para-hydroxylation sites is 1. The molecule has 2 aromatic carbocycles. The van der Waals surface area contributed by atoms with Crippen molar-refractivity contribution in [2.24, 2.45) is 0 Å². The van der Waals surface area contributed by atoms with Crippen LogP contribution in [0.4, 0.5) is 5.69 Å². The Morgan fingerprint density at radius 3 is 2.28 bits per heavy atom. The Morgan fingerprint density at radius 1 is 1.04 bits per heavy atom. The lowest BCUT2D eigenvalue weighted by atomic mass is 10.1. The maximum absolute atomic E-state index is 12.2. The average molecular weight is 347 g/mol. The average Bonchev–Trinajstić information content (AvgIpc) is 2.64. The Balaban J connectivity index is 2.06. The number of rotatable bonds is 8. The molecule has 0 heterocycles. The van der Waals surface area contributed by atoms with Gasteiger partial charge in [-0.1, -0.05) is 18.2 Å². The van der Waals surface area contributed by atoms with Gasteiger partial charge in [0, 0.05) is 6.07 Å². The first kappa shape index (κ1) is 18.1. The van der Waals surface area contributed by atoms with Crippen molar-refractivity contribution in [3.8, 4) is 17.2 Å². The summed E-state index contributed by atoms with van der Waals surface area (Å²) in [6, 6.07) is 11.3. The van der Waals surface area contributed by atoms with E-state index in [9.17, 15) is 14.9 Å². The maximum atomic E-state index is 12.2. The van der Waals surface area contributed by atoms with Crippen molar-refractivity contribution < 1.29 is 28.7 Å². The van der Waals surface area contributed by atoms with Crippen LogP contribution in [-0.4, -0.2) is 38.3 Å². The molecular weight excluding hydrogens is 330 g/mol. The summed E-state index contributed by atoms with van der Waals surface area (Å²) in [5, 5.41) is 11.2. The van der Waals surface area contributed by atoms with Crippen molar-refractivity contribution in [1.82, 2.24) is 0 Å². The first-order chi connectivity index (χ1) is 12.1. The summed E-state index contributed by atoms with van der Waals surface area (Å²) < 4.78 is 20.5. The summed E-state index contributed by atoms with van der Waals surface area (Å²) in [5.74, 6) is 0.138. The minimum Gasteiger partial charge on any atom is -0.493 e. The van der Waals surface area contributed by atoms with Crippen molar-refractivity contribution in [2.75, 3.05) is 27.4 Å². The van der Waals surface area contributed by atoms with Crippen LogP contribution in [0.3, 0.4) is 0 Å². The third-order valence-corrected chi connectivity index (χ3v) is 3.25. The molecule has 0 aliphatic heterocycles. The molecule has 132 valence electrons. The number of esters is 1. The predicted octanol–water partition coefficient (Wildman–Crippen LogP) is 2.85. The number of carbonyl (C=O) groups excluding carboxylic acids is 1. The molecule has 8 heteroatoms. The van der Waals surface area contributed by atoms with Crippen molar-refractivity contribution >= 4 is 11.7 Å². The highest BCUT2D eigenvalue weighted by Gasteiger charge is 2.25. The summed E-state index contributed by atoms with van der Waals surface area (Å²) in [4.78, 5) is 22.7. The molecule has 25 heavy (non-hydrogen) atoms. The molecule has 0 bridgehead atoms. The van der Waals surface area contributed by atoms with Crippen LogP contribution in [-0.2, 0) is 4.74 Å². The van der Waals surface area contributed by atoms with Gasteiger partial charge in [0.05, 0.1) is 25.2 Å². The molecule has 0 atom stereocenters. The fourth-order valence-electron chi connectivity index (χ4n) is 2.07. The Bertz CT molecular complexity index is 746. The summed E-state index contributed by atoms with van der Waals surface area (Å²) in [7, 11) is 2.72. The van der Waals surface area contributed by atoms with Crippen LogP contribution >= 0.6 is 0 Å². The lowest BCUT2D eigenvalue weighted by Gasteiger charge is -2.11. The highest BCUT2D eigenvalue weighted by molar-refractivity contribution is 5.95. The van der Waals surface area contributed by atoms with E-state index in [2.05, 4.69) is 0 Å². The van der Waals surface area contributed by atoms with Gasteiger partial charge in [-0.3, -0.25) is 10.1 Å². The summed E-state index contributed by atoms with van der Waals surface area (Å²) in [6.07, 6.45) is 0. The van der Waals surface area contributed by atoms with E-state index in [4.69, 9.17) is 18.9 Å². The van der Waals surface area contributed by atoms with E-state index in [1.54, 1.807) is 12.1 Å². The topological polar surface area (TPSA) is 97.1 Å². The van der Waals surface area contributed by atoms with Gasteiger partial charge in [0.25, 0.3) is 5.69 Å². The standard InChI is InChI=1S/C17H17NO7/c1-22-15-10-13(14(18(20)21)11-16(15)23-2)17(19)25-9-8-24-12-6-4-3-5-7-12/h3-7,10-11H,8-9H2,1-2H3. The molecule has 0 radical (unpaired) electrons. The number of nitro groups is 1. The molecule has 8 nitrogen and oxygen atoms in total. The SMILES string of the molecule is COc1cc(C(=O)OCCOc2ccccc2)c([N+](=O)[O-])cc1OC. The molecule has 0 aliphatic rings. The van der Waals surface area contributed by atoms with Gasteiger partial charge < -0.3 is 18.9 Å². The van der Waals surface area contributed by atoms with Gasteiger partial charge in [-0.25, -0.2) is 4.79 Å². The second-order valence-electron chi connectivity index (χ2n) is 4.78. The molecule has 0 unspecified atom stereocenters. The minimum absolute atomic E-state index is 0.0563. The molecule has 0 N–H and O–H groups in total. The number of carbonyl (C=O) groups is 1. The zero-order chi connectivity index (χ0) is 18.2. The minimum atomic E-state index is -0.843. The highest BCUT2D eigenvalue weighted by atomic mass is 16.6. The summed E-state index contributed by atoms with van der Waals surface area (Å²) in [5.41, 5.74) is -0.644. The first-order valence-electron chi connectivity index (χ1n) is 7.32. The zero-order valence-electron chi connectivity index (χ0n) is 13.8. The first-order valence-corrected chi connectivity index (χ1v) is 7.32. The Labute approximate surface area is 144 Å².